The lowest BCUT2D eigenvalue weighted by atomic mass is 10.3. The Balaban J connectivity index is 0.000000181. The molecule has 4 rings (SSSR count). The Labute approximate surface area is 160 Å². The van der Waals surface area contributed by atoms with Crippen LogP contribution in [0.2, 0.25) is 0 Å². The lowest BCUT2D eigenvalue weighted by Crippen LogP contribution is -2.18. The third kappa shape index (κ3) is 6.36. The fourth-order valence-corrected chi connectivity index (χ4v) is 2.59. The third-order valence-electron chi connectivity index (χ3n) is 4.15. The fourth-order valence-electron chi connectivity index (χ4n) is 2.59. The van der Waals surface area contributed by atoms with Crippen molar-refractivity contribution in [1.82, 2.24) is 29.3 Å². The smallest absolute Gasteiger partial charge is 0.245 e. The molecule has 0 saturated heterocycles. The Morgan fingerprint density at radius 1 is 1.11 bits per heavy atom. The molecule has 3 aromatic rings. The first kappa shape index (κ1) is 20.4. The normalized spacial score (nSPS) is 12.6. The van der Waals surface area contributed by atoms with E-state index in [1.807, 2.05) is 25.5 Å². The van der Waals surface area contributed by atoms with E-state index in [1.54, 1.807) is 41.9 Å². The maximum absolute atomic E-state index is 10.3. The quantitative estimate of drug-likeness (QED) is 0.651. The molecule has 0 bridgehead atoms. The minimum absolute atomic E-state index is 0.0556. The first-order valence-corrected chi connectivity index (χ1v) is 9.13. The molecule has 1 saturated carbocycles. The van der Waals surface area contributed by atoms with Crippen LogP contribution in [0.1, 0.15) is 32.1 Å². The van der Waals surface area contributed by atoms with Crippen LogP contribution in [0.3, 0.4) is 0 Å². The van der Waals surface area contributed by atoms with E-state index in [0.29, 0.717) is 0 Å². The van der Waals surface area contributed by atoms with Gasteiger partial charge < -0.3 is 4.90 Å². The van der Waals surface area contributed by atoms with Gasteiger partial charge in [0.15, 0.2) is 0 Å². The fraction of sp³-hybridized carbons (Fsp3) is 0.400. The highest BCUT2D eigenvalue weighted by molar-refractivity contribution is 5.86. The summed E-state index contributed by atoms with van der Waals surface area (Å²) in [6.07, 6.45) is 17.9. The zero-order valence-corrected chi connectivity index (χ0v) is 16.4. The number of likely N-dealkylation sites (N-methyl/N-ethyl adjacent to an activating group) is 1. The second-order valence-corrected chi connectivity index (χ2v) is 6.58. The van der Waals surface area contributed by atoms with Gasteiger partial charge >= 0.3 is 0 Å². The first-order chi connectivity index (χ1) is 13.0. The summed E-state index contributed by atoms with van der Waals surface area (Å²) in [5.74, 6) is -0.0556. The Morgan fingerprint density at radius 2 is 1.78 bits per heavy atom. The van der Waals surface area contributed by atoms with Gasteiger partial charge in [-0.1, -0.05) is 38.7 Å². The van der Waals surface area contributed by atoms with Crippen molar-refractivity contribution < 1.29 is 4.79 Å². The molecule has 0 spiro atoms. The van der Waals surface area contributed by atoms with Gasteiger partial charge in [0.05, 0.1) is 36.0 Å². The van der Waals surface area contributed by atoms with Crippen molar-refractivity contribution in [3.8, 4) is 11.3 Å². The van der Waals surface area contributed by atoms with Gasteiger partial charge in [0.25, 0.3) is 0 Å². The molecule has 0 atom stereocenters. The summed E-state index contributed by atoms with van der Waals surface area (Å²) < 4.78 is 3.56. The zero-order valence-electron chi connectivity index (χ0n) is 16.4. The number of hydrogen-bond acceptors (Lipinski definition) is 4. The molecule has 0 unspecified atom stereocenters. The Morgan fingerprint density at radius 3 is 2.26 bits per heavy atom. The average molecular weight is 368 g/mol. The van der Waals surface area contributed by atoms with Crippen molar-refractivity contribution in [2.75, 3.05) is 14.1 Å². The number of hydrogen-bond donors (Lipinski definition) is 0. The van der Waals surface area contributed by atoms with Crippen molar-refractivity contribution in [3.05, 3.63) is 49.7 Å². The van der Waals surface area contributed by atoms with Crippen LogP contribution in [-0.2, 0) is 11.8 Å². The third-order valence-corrected chi connectivity index (χ3v) is 4.15. The van der Waals surface area contributed by atoms with Gasteiger partial charge in [-0.2, -0.15) is 10.2 Å². The van der Waals surface area contributed by atoms with Crippen molar-refractivity contribution >= 4 is 11.4 Å². The number of nitrogens with zero attached hydrogens (tertiary/aromatic N) is 6. The van der Waals surface area contributed by atoms with Crippen LogP contribution in [0.25, 0.3) is 16.8 Å². The molecule has 1 aliphatic carbocycles. The van der Waals surface area contributed by atoms with Gasteiger partial charge in [-0.3, -0.25) is 14.5 Å². The van der Waals surface area contributed by atoms with Crippen molar-refractivity contribution in [1.29, 1.82) is 0 Å². The minimum Gasteiger partial charge on any atom is -0.345 e. The Bertz CT molecular complexity index is 853. The zero-order chi connectivity index (χ0) is 19.6. The molecule has 7 nitrogen and oxygen atoms in total. The van der Waals surface area contributed by atoms with E-state index in [-0.39, 0.29) is 5.91 Å². The molecule has 7 heteroatoms. The van der Waals surface area contributed by atoms with Crippen molar-refractivity contribution in [3.63, 3.8) is 0 Å². The number of rotatable bonds is 2. The van der Waals surface area contributed by atoms with Crippen LogP contribution in [0.5, 0.6) is 0 Å². The largest absolute Gasteiger partial charge is 0.345 e. The van der Waals surface area contributed by atoms with Crippen LogP contribution in [-0.4, -0.2) is 49.3 Å². The second kappa shape index (κ2) is 10.3. The summed E-state index contributed by atoms with van der Waals surface area (Å²) in [5, 5.41) is 8.27. The molecule has 0 N–H and O–H groups in total. The van der Waals surface area contributed by atoms with Crippen molar-refractivity contribution in [2.24, 2.45) is 7.05 Å². The van der Waals surface area contributed by atoms with E-state index in [4.69, 9.17) is 0 Å². The van der Waals surface area contributed by atoms with Crippen molar-refractivity contribution in [2.45, 2.75) is 32.1 Å². The molecule has 0 aliphatic heterocycles. The van der Waals surface area contributed by atoms with E-state index >= 15 is 0 Å². The van der Waals surface area contributed by atoms with Gasteiger partial charge in [-0.15, -0.1) is 0 Å². The maximum Gasteiger partial charge on any atom is 0.245 e. The summed E-state index contributed by atoms with van der Waals surface area (Å²) in [6.45, 7) is 3.29. The number of amides is 1. The highest BCUT2D eigenvalue weighted by Gasteiger charge is 2.03. The van der Waals surface area contributed by atoms with E-state index in [9.17, 15) is 4.79 Å². The number of aryl methyl sites for hydroxylation is 1. The van der Waals surface area contributed by atoms with Crippen LogP contribution >= 0.6 is 0 Å². The molecule has 3 aromatic heterocycles. The highest BCUT2D eigenvalue weighted by atomic mass is 16.2. The van der Waals surface area contributed by atoms with E-state index in [2.05, 4.69) is 21.8 Å². The van der Waals surface area contributed by atoms with Crippen LogP contribution < -0.4 is 0 Å². The molecule has 3 heterocycles. The molecule has 144 valence electrons. The molecule has 1 aliphatic rings. The van der Waals surface area contributed by atoms with Crippen LogP contribution in [0.4, 0.5) is 0 Å². The Kier molecular flexibility index (Phi) is 7.73. The molecule has 0 radical (unpaired) electrons. The van der Waals surface area contributed by atoms with Crippen LogP contribution in [0, 0.1) is 0 Å². The number of aromatic nitrogens is 5. The highest BCUT2D eigenvalue weighted by Crippen LogP contribution is 2.16. The summed E-state index contributed by atoms with van der Waals surface area (Å²) in [6, 6.07) is 1.92. The SMILES string of the molecule is C1CCCC1.C=CC(=O)N(C)C.Cn1cc(-c2cn3nccc3cn2)cn1. The number of fused-ring (bicyclic) bond motifs is 1. The predicted molar refractivity (Wildman–Crippen MR) is 107 cm³/mol. The lowest BCUT2D eigenvalue weighted by Gasteiger charge is -2.03. The molecule has 27 heavy (non-hydrogen) atoms. The summed E-state index contributed by atoms with van der Waals surface area (Å²) in [5.41, 5.74) is 2.86. The molecule has 1 amide bonds. The standard InChI is InChI=1S/C10H9N5.C5H9NO.C5H10/c1-14-6-8(4-13-14)10-7-15-9(5-11-10)2-3-12-15;1-4-5(7)6(2)3;1-2-4-5-3-1/h2-7H,1H3;4H,1H2,2-3H3;1-5H2. The van der Waals surface area contributed by atoms with Crippen LogP contribution in [0.15, 0.2) is 49.7 Å². The topological polar surface area (TPSA) is 68.3 Å². The van der Waals surface area contributed by atoms with E-state index in [1.165, 1.54) is 43.1 Å². The minimum atomic E-state index is -0.0556. The molecular weight excluding hydrogens is 340 g/mol. The predicted octanol–water partition coefficient (Wildman–Crippen LogP) is 3.34. The van der Waals surface area contributed by atoms with Gasteiger partial charge in [0.1, 0.15) is 0 Å². The summed E-state index contributed by atoms with van der Waals surface area (Å²) >= 11 is 0. The lowest BCUT2D eigenvalue weighted by molar-refractivity contribution is -0.123. The van der Waals surface area contributed by atoms with E-state index < -0.39 is 0 Å². The molecule has 1 fully saturated rings. The molecule has 0 aromatic carbocycles. The summed E-state index contributed by atoms with van der Waals surface area (Å²) in [7, 11) is 5.25. The second-order valence-electron chi connectivity index (χ2n) is 6.58. The van der Waals surface area contributed by atoms with Gasteiger partial charge in [0, 0.05) is 32.9 Å². The van der Waals surface area contributed by atoms with E-state index in [0.717, 1.165) is 16.8 Å². The number of carbonyl (C=O) groups excluding carboxylic acids is 1. The Hall–Kier alpha value is -2.96. The molecular formula is C20H28N6O. The monoisotopic (exact) mass is 368 g/mol. The van der Waals surface area contributed by atoms with Gasteiger partial charge in [0.2, 0.25) is 5.91 Å². The van der Waals surface area contributed by atoms with Gasteiger partial charge in [-0.25, -0.2) is 4.52 Å². The average Bonchev–Trinajstić information content (AvgIpc) is 3.43. The first-order valence-electron chi connectivity index (χ1n) is 9.13. The maximum atomic E-state index is 10.3. The van der Waals surface area contributed by atoms with Gasteiger partial charge in [-0.05, 0) is 12.1 Å². The number of carbonyl (C=O) groups is 1. The summed E-state index contributed by atoms with van der Waals surface area (Å²) in [4.78, 5) is 16.1.